The van der Waals surface area contributed by atoms with Gasteiger partial charge in [-0.25, -0.2) is 13.1 Å². The molecule has 12 nitrogen and oxygen atoms in total. The number of sulfonamides is 1. The second-order valence-corrected chi connectivity index (χ2v) is 16.7. The number of nitro benzene ring substituents is 1. The first-order chi connectivity index (χ1) is 28.1. The fraction of sp³-hybridized carbons (Fsp3) is 0.295. The average Bonchev–Trinajstić information content (AvgIpc) is 3.24. The van der Waals surface area contributed by atoms with Crippen molar-refractivity contribution in [3.8, 4) is 11.1 Å². The number of benzene rings is 5. The van der Waals surface area contributed by atoms with Gasteiger partial charge in [-0.05, 0) is 89.7 Å². The van der Waals surface area contributed by atoms with Crippen molar-refractivity contribution in [2.24, 2.45) is 0 Å². The molecule has 14 heteroatoms. The fourth-order valence-corrected chi connectivity index (χ4v) is 8.61. The molecule has 302 valence electrons. The van der Waals surface area contributed by atoms with Gasteiger partial charge in [0.2, 0.25) is 0 Å². The highest BCUT2D eigenvalue weighted by Crippen LogP contribution is 2.30. The Morgan fingerprint density at radius 3 is 2.26 bits per heavy atom. The molecule has 0 bridgehead atoms. The van der Waals surface area contributed by atoms with Crippen molar-refractivity contribution in [3.05, 3.63) is 153 Å². The summed E-state index contributed by atoms with van der Waals surface area (Å²) in [5, 5.41) is 15.8. The molecule has 0 aliphatic carbocycles. The molecule has 0 atom stereocenters. The van der Waals surface area contributed by atoms with E-state index in [-0.39, 0.29) is 21.8 Å². The zero-order valence-corrected chi connectivity index (χ0v) is 33.8. The van der Waals surface area contributed by atoms with Crippen LogP contribution in [0.15, 0.2) is 120 Å². The summed E-state index contributed by atoms with van der Waals surface area (Å²) in [4.78, 5) is 31.8. The summed E-state index contributed by atoms with van der Waals surface area (Å²) in [7, 11) is -4.47. The van der Waals surface area contributed by atoms with Crippen LogP contribution < -0.4 is 14.9 Å². The van der Waals surface area contributed by atoms with Gasteiger partial charge in [0.15, 0.2) is 0 Å². The highest BCUT2D eigenvalue weighted by atomic mass is 35.5. The lowest BCUT2D eigenvalue weighted by Crippen LogP contribution is -2.46. The van der Waals surface area contributed by atoms with Crippen LogP contribution in [-0.4, -0.2) is 94.6 Å². The Labute approximate surface area is 344 Å². The van der Waals surface area contributed by atoms with E-state index >= 15 is 0 Å². The van der Waals surface area contributed by atoms with Gasteiger partial charge in [0, 0.05) is 74.7 Å². The third-order valence-electron chi connectivity index (χ3n) is 10.6. The van der Waals surface area contributed by atoms with E-state index in [1.165, 1.54) is 23.3 Å². The molecule has 2 saturated heterocycles. The van der Waals surface area contributed by atoms with E-state index in [1.807, 2.05) is 66.7 Å². The number of amides is 1. The van der Waals surface area contributed by atoms with Crippen molar-refractivity contribution in [2.75, 3.05) is 75.8 Å². The molecule has 5 aromatic rings. The monoisotopic (exact) mass is 822 g/mol. The topological polar surface area (TPSA) is 137 Å². The molecule has 2 N–H and O–H groups in total. The number of nitro groups is 1. The van der Waals surface area contributed by atoms with Crippen molar-refractivity contribution in [3.63, 3.8) is 0 Å². The largest absolute Gasteiger partial charge is 0.379 e. The van der Waals surface area contributed by atoms with E-state index in [1.54, 1.807) is 6.07 Å². The first-order valence-corrected chi connectivity index (χ1v) is 21.4. The van der Waals surface area contributed by atoms with Crippen molar-refractivity contribution in [1.29, 1.82) is 0 Å². The fourth-order valence-electron chi connectivity index (χ4n) is 7.50. The average molecular weight is 823 g/mol. The predicted molar refractivity (Wildman–Crippen MR) is 228 cm³/mol. The number of ether oxygens (including phenoxy) is 1. The van der Waals surface area contributed by atoms with Crippen molar-refractivity contribution in [1.82, 2.24) is 14.5 Å². The first kappa shape index (κ1) is 40.9. The van der Waals surface area contributed by atoms with Crippen LogP contribution in [0, 0.1) is 10.1 Å². The number of hydrogen-bond donors (Lipinski definition) is 2. The minimum atomic E-state index is -4.47. The van der Waals surface area contributed by atoms with Gasteiger partial charge in [-0.1, -0.05) is 78.3 Å². The van der Waals surface area contributed by atoms with Crippen LogP contribution in [0.4, 0.5) is 17.1 Å². The van der Waals surface area contributed by atoms with E-state index in [0.29, 0.717) is 36.8 Å². The molecule has 0 radical (unpaired) electrons. The number of morpholine rings is 1. The zero-order valence-electron chi connectivity index (χ0n) is 32.2. The van der Waals surface area contributed by atoms with Crippen LogP contribution in [0.3, 0.4) is 0 Å². The van der Waals surface area contributed by atoms with Crippen molar-refractivity contribution < 1.29 is 22.9 Å². The number of hydrogen-bond acceptors (Lipinski definition) is 10. The molecular formula is C44H47ClN6O6S. The third kappa shape index (κ3) is 10.4. The summed E-state index contributed by atoms with van der Waals surface area (Å²) in [6.07, 6.45) is 1.14. The third-order valence-corrected chi connectivity index (χ3v) is 12.2. The quantitative estimate of drug-likeness (QED) is 0.0641. The Morgan fingerprint density at radius 1 is 0.793 bits per heavy atom. The van der Waals surface area contributed by atoms with Gasteiger partial charge in [-0.3, -0.25) is 24.7 Å². The summed E-state index contributed by atoms with van der Waals surface area (Å²) < 4.78 is 34.7. The lowest BCUT2D eigenvalue weighted by molar-refractivity contribution is -0.384. The number of nitrogens with zero attached hydrogens (tertiary/aromatic N) is 4. The standard InChI is InChI=1S/C44H47ClN6O6S/c45-37-13-11-34(12-14-37)40-10-5-4-9-35(40)32-49-21-23-50(24-22-49)38-15-17-41(36(30-38)29-33-7-2-1-3-8-33)44(52)47-58(55,56)39-16-18-42(43(31-39)51(53)54)46-19-6-20-48-25-27-57-28-26-48/h1-5,7-18,30-31,46H,6,19-29,32H2,(H,47,52). The van der Waals surface area contributed by atoms with Gasteiger partial charge in [-0.15, -0.1) is 0 Å². The van der Waals surface area contributed by atoms with Gasteiger partial charge >= 0.3 is 0 Å². The maximum Gasteiger partial charge on any atom is 0.293 e. The number of anilines is 2. The molecule has 0 unspecified atom stereocenters. The lowest BCUT2D eigenvalue weighted by atomic mass is 9.98. The maximum absolute atomic E-state index is 13.8. The van der Waals surface area contributed by atoms with Crippen LogP contribution >= 0.6 is 11.6 Å². The molecule has 2 heterocycles. The van der Waals surface area contributed by atoms with Gasteiger partial charge in [0.05, 0.1) is 23.0 Å². The number of rotatable bonds is 15. The van der Waals surface area contributed by atoms with Gasteiger partial charge < -0.3 is 15.0 Å². The van der Waals surface area contributed by atoms with Gasteiger partial charge in [0.25, 0.3) is 21.6 Å². The Morgan fingerprint density at radius 2 is 1.52 bits per heavy atom. The molecule has 1 amide bonds. The summed E-state index contributed by atoms with van der Waals surface area (Å²) >= 11 is 6.15. The summed E-state index contributed by atoms with van der Waals surface area (Å²) in [5.41, 5.74) is 6.15. The molecule has 2 aliphatic rings. The highest BCUT2D eigenvalue weighted by molar-refractivity contribution is 7.90. The smallest absolute Gasteiger partial charge is 0.293 e. The number of halogens is 1. The second kappa shape index (κ2) is 19.0. The molecule has 0 aromatic heterocycles. The zero-order chi connectivity index (χ0) is 40.5. The second-order valence-electron chi connectivity index (χ2n) is 14.5. The van der Waals surface area contributed by atoms with Crippen LogP contribution in [0.25, 0.3) is 11.1 Å². The molecule has 7 rings (SSSR count). The first-order valence-electron chi connectivity index (χ1n) is 19.5. The van der Waals surface area contributed by atoms with Crippen LogP contribution in [0.5, 0.6) is 0 Å². The summed E-state index contributed by atoms with van der Waals surface area (Å²) in [6.45, 7) is 8.35. The van der Waals surface area contributed by atoms with Gasteiger partial charge in [-0.2, -0.15) is 0 Å². The summed E-state index contributed by atoms with van der Waals surface area (Å²) in [5.74, 6) is -0.811. The normalized spacial score (nSPS) is 15.2. The molecule has 2 aliphatic heterocycles. The Kier molecular flexibility index (Phi) is 13.4. The lowest BCUT2D eigenvalue weighted by Gasteiger charge is -2.36. The highest BCUT2D eigenvalue weighted by Gasteiger charge is 2.26. The van der Waals surface area contributed by atoms with E-state index in [9.17, 15) is 23.3 Å². The molecule has 58 heavy (non-hydrogen) atoms. The number of nitrogens with one attached hydrogen (secondary N) is 2. The molecule has 2 fully saturated rings. The Balaban J connectivity index is 1.03. The van der Waals surface area contributed by atoms with Crippen LogP contribution in [-0.2, 0) is 27.7 Å². The minimum Gasteiger partial charge on any atom is -0.379 e. The van der Waals surface area contributed by atoms with Crippen molar-refractivity contribution in [2.45, 2.75) is 24.3 Å². The minimum absolute atomic E-state index is 0.210. The molecule has 5 aromatic carbocycles. The van der Waals surface area contributed by atoms with Crippen LogP contribution in [0.1, 0.15) is 33.5 Å². The number of piperazine rings is 1. The molecular weight excluding hydrogens is 776 g/mol. The van der Waals surface area contributed by atoms with E-state index in [4.69, 9.17) is 16.3 Å². The molecule has 0 saturated carbocycles. The Hall–Kier alpha value is -5.31. The molecule has 0 spiro atoms. The predicted octanol–water partition coefficient (Wildman–Crippen LogP) is 7.08. The van der Waals surface area contributed by atoms with Crippen LogP contribution in [0.2, 0.25) is 5.02 Å². The Bertz CT molecular complexity index is 2320. The summed E-state index contributed by atoms with van der Waals surface area (Å²) in [6, 6.07) is 35.1. The number of carbonyl (C=O) groups is 1. The van der Waals surface area contributed by atoms with E-state index < -0.39 is 20.9 Å². The van der Waals surface area contributed by atoms with Crippen molar-refractivity contribution >= 4 is 44.6 Å². The SMILES string of the molecule is O=C(NS(=O)(=O)c1ccc(NCCCN2CCOCC2)c([N+](=O)[O-])c1)c1ccc(N2CCN(Cc3ccccc3-c3ccc(Cl)cc3)CC2)cc1Cc1ccccc1. The van der Waals surface area contributed by atoms with Gasteiger partial charge in [0.1, 0.15) is 5.69 Å². The van der Waals surface area contributed by atoms with E-state index in [0.717, 1.165) is 81.7 Å². The van der Waals surface area contributed by atoms with E-state index in [2.05, 4.69) is 49.0 Å². The number of carbonyl (C=O) groups excluding carboxylic acids is 1. The maximum atomic E-state index is 13.8.